The number of rotatable bonds is 6. The van der Waals surface area contributed by atoms with Crippen LogP contribution in [0.25, 0.3) is 0 Å². The second-order valence-corrected chi connectivity index (χ2v) is 4.22. The van der Waals surface area contributed by atoms with Gasteiger partial charge in [0.25, 0.3) is 0 Å². The van der Waals surface area contributed by atoms with Gasteiger partial charge in [0.05, 0.1) is 12.2 Å². The molecule has 1 aromatic heterocycles. The Labute approximate surface area is 88.9 Å². The Morgan fingerprint density at radius 1 is 1.64 bits per heavy atom. The minimum absolute atomic E-state index is 0.151. The number of aromatic amines is 1. The molecule has 0 bridgehead atoms. The van der Waals surface area contributed by atoms with Gasteiger partial charge in [-0.25, -0.2) is 0 Å². The fourth-order valence-electron chi connectivity index (χ4n) is 1.16. The van der Waals surface area contributed by atoms with E-state index in [0.717, 1.165) is 12.3 Å². The van der Waals surface area contributed by atoms with Crippen LogP contribution in [-0.2, 0) is 0 Å². The average molecular weight is 212 g/mol. The Morgan fingerprint density at radius 2 is 2.43 bits per heavy atom. The Balaban J connectivity index is 2.34. The van der Waals surface area contributed by atoms with Gasteiger partial charge in [0, 0.05) is 18.5 Å². The van der Waals surface area contributed by atoms with Crippen molar-refractivity contribution in [3.63, 3.8) is 0 Å². The predicted molar refractivity (Wildman–Crippen MR) is 61.0 cm³/mol. The molecule has 0 atom stereocenters. The molecule has 0 saturated heterocycles. The zero-order valence-electron chi connectivity index (χ0n) is 8.62. The number of nitrogens with one attached hydrogen (secondary N) is 1. The summed E-state index contributed by atoms with van der Waals surface area (Å²) in [5.41, 5.74) is 0.695. The lowest BCUT2D eigenvalue weighted by Gasteiger charge is -2.13. The maximum Gasteiger partial charge on any atom is 0.192 e. The van der Waals surface area contributed by atoms with Crippen LogP contribution in [0.15, 0.2) is 18.3 Å². The summed E-state index contributed by atoms with van der Waals surface area (Å²) >= 11 is 1.79. The molecule has 0 aliphatic rings. The van der Waals surface area contributed by atoms with Crippen LogP contribution in [0.3, 0.4) is 0 Å². The van der Waals surface area contributed by atoms with Gasteiger partial charge in [-0.15, -0.1) is 0 Å². The van der Waals surface area contributed by atoms with Crippen molar-refractivity contribution >= 4 is 17.5 Å². The van der Waals surface area contributed by atoms with Crippen molar-refractivity contribution < 1.29 is 4.79 Å². The SMILES string of the molecule is CSCCN(C)CC(=O)c1ccc[nH]1. The largest absolute Gasteiger partial charge is 0.359 e. The number of thioether (sulfide) groups is 1. The van der Waals surface area contributed by atoms with E-state index in [-0.39, 0.29) is 5.78 Å². The van der Waals surface area contributed by atoms with Crippen molar-refractivity contribution in [2.75, 3.05) is 32.1 Å². The van der Waals surface area contributed by atoms with Crippen LogP contribution in [-0.4, -0.2) is 47.8 Å². The Kier molecular flexibility index (Phi) is 4.76. The molecule has 0 aliphatic carbocycles. The zero-order chi connectivity index (χ0) is 10.4. The zero-order valence-corrected chi connectivity index (χ0v) is 9.43. The molecular weight excluding hydrogens is 196 g/mol. The molecule has 1 rings (SSSR count). The highest BCUT2D eigenvalue weighted by Gasteiger charge is 2.08. The first-order valence-electron chi connectivity index (χ1n) is 4.58. The number of carbonyl (C=O) groups is 1. The lowest BCUT2D eigenvalue weighted by molar-refractivity contribution is 0.0945. The van der Waals surface area contributed by atoms with Crippen molar-refractivity contribution in [1.82, 2.24) is 9.88 Å². The minimum atomic E-state index is 0.151. The van der Waals surface area contributed by atoms with Gasteiger partial charge in [0.15, 0.2) is 5.78 Å². The highest BCUT2D eigenvalue weighted by atomic mass is 32.2. The topological polar surface area (TPSA) is 36.1 Å². The number of H-pyrrole nitrogens is 1. The fraction of sp³-hybridized carbons (Fsp3) is 0.500. The lowest BCUT2D eigenvalue weighted by atomic mass is 10.3. The number of carbonyl (C=O) groups excluding carboxylic acids is 1. The van der Waals surface area contributed by atoms with Crippen LogP contribution in [0.1, 0.15) is 10.5 Å². The number of ketones is 1. The molecule has 0 spiro atoms. The van der Waals surface area contributed by atoms with Crippen molar-refractivity contribution in [3.8, 4) is 0 Å². The predicted octanol–water partition coefficient (Wildman–Crippen LogP) is 1.49. The molecule has 0 fully saturated rings. The second kappa shape index (κ2) is 5.88. The Hall–Kier alpha value is -0.740. The monoisotopic (exact) mass is 212 g/mol. The highest BCUT2D eigenvalue weighted by Crippen LogP contribution is 1.99. The van der Waals surface area contributed by atoms with Gasteiger partial charge < -0.3 is 4.98 Å². The van der Waals surface area contributed by atoms with E-state index in [0.29, 0.717) is 12.2 Å². The molecule has 1 heterocycles. The maximum atomic E-state index is 11.6. The van der Waals surface area contributed by atoms with Crippen LogP contribution < -0.4 is 0 Å². The van der Waals surface area contributed by atoms with Crippen molar-refractivity contribution in [1.29, 1.82) is 0 Å². The summed E-state index contributed by atoms with van der Waals surface area (Å²) in [5.74, 6) is 1.22. The summed E-state index contributed by atoms with van der Waals surface area (Å²) in [6.45, 7) is 1.44. The molecule has 3 nitrogen and oxygen atoms in total. The second-order valence-electron chi connectivity index (χ2n) is 3.24. The number of Topliss-reactive ketones (excluding diaryl/α,β-unsaturated/α-hetero) is 1. The van der Waals surface area contributed by atoms with E-state index in [1.807, 2.05) is 24.1 Å². The molecule has 78 valence electrons. The van der Waals surface area contributed by atoms with Crippen molar-refractivity contribution in [3.05, 3.63) is 24.0 Å². The van der Waals surface area contributed by atoms with Crippen LogP contribution in [0, 0.1) is 0 Å². The van der Waals surface area contributed by atoms with E-state index in [1.54, 1.807) is 18.0 Å². The summed E-state index contributed by atoms with van der Waals surface area (Å²) in [7, 11) is 1.97. The number of likely N-dealkylation sites (N-methyl/N-ethyl adjacent to an activating group) is 1. The quantitative estimate of drug-likeness (QED) is 0.726. The number of aromatic nitrogens is 1. The van der Waals surface area contributed by atoms with E-state index < -0.39 is 0 Å². The summed E-state index contributed by atoms with van der Waals surface area (Å²) in [6.07, 6.45) is 3.84. The normalized spacial score (nSPS) is 10.8. The van der Waals surface area contributed by atoms with E-state index in [2.05, 4.69) is 11.2 Å². The first-order chi connectivity index (χ1) is 6.74. The number of hydrogen-bond donors (Lipinski definition) is 1. The summed E-state index contributed by atoms with van der Waals surface area (Å²) in [4.78, 5) is 16.6. The molecule has 0 radical (unpaired) electrons. The third-order valence-electron chi connectivity index (χ3n) is 1.99. The maximum absolute atomic E-state index is 11.6. The summed E-state index contributed by atoms with van der Waals surface area (Å²) < 4.78 is 0. The van der Waals surface area contributed by atoms with Gasteiger partial charge in [-0.05, 0) is 25.4 Å². The number of nitrogens with zero attached hydrogens (tertiary/aromatic N) is 1. The van der Waals surface area contributed by atoms with Gasteiger partial charge >= 0.3 is 0 Å². The average Bonchev–Trinajstić information content (AvgIpc) is 2.67. The molecule has 0 aromatic carbocycles. The van der Waals surface area contributed by atoms with Gasteiger partial charge in [-0.3, -0.25) is 9.69 Å². The molecule has 0 amide bonds. The van der Waals surface area contributed by atoms with Crippen LogP contribution in [0.2, 0.25) is 0 Å². The minimum Gasteiger partial charge on any atom is -0.359 e. The molecule has 0 saturated carbocycles. The van der Waals surface area contributed by atoms with Crippen molar-refractivity contribution in [2.24, 2.45) is 0 Å². The fourth-order valence-corrected chi connectivity index (χ4v) is 1.65. The van der Waals surface area contributed by atoms with Crippen molar-refractivity contribution in [2.45, 2.75) is 0 Å². The van der Waals surface area contributed by atoms with E-state index in [9.17, 15) is 4.79 Å². The summed E-state index contributed by atoms with van der Waals surface area (Å²) in [6, 6.07) is 3.65. The van der Waals surface area contributed by atoms with Gasteiger partial charge in [-0.1, -0.05) is 0 Å². The van der Waals surface area contributed by atoms with Gasteiger partial charge in [0.1, 0.15) is 0 Å². The number of hydrogen-bond acceptors (Lipinski definition) is 3. The first-order valence-corrected chi connectivity index (χ1v) is 5.97. The lowest BCUT2D eigenvalue weighted by Crippen LogP contribution is -2.28. The standard InChI is InChI=1S/C10H16N2OS/c1-12(6-7-14-2)8-10(13)9-4-3-5-11-9/h3-5,11H,6-8H2,1-2H3. The van der Waals surface area contributed by atoms with Gasteiger partial charge in [0.2, 0.25) is 0 Å². The third kappa shape index (κ3) is 3.55. The molecular formula is C10H16N2OS. The summed E-state index contributed by atoms with van der Waals surface area (Å²) in [5, 5.41) is 0. The third-order valence-corrected chi connectivity index (χ3v) is 2.58. The van der Waals surface area contributed by atoms with Crippen LogP contribution in [0.5, 0.6) is 0 Å². The van der Waals surface area contributed by atoms with E-state index in [4.69, 9.17) is 0 Å². The van der Waals surface area contributed by atoms with Crippen LogP contribution in [0.4, 0.5) is 0 Å². The smallest absolute Gasteiger partial charge is 0.192 e. The van der Waals surface area contributed by atoms with Crippen LogP contribution >= 0.6 is 11.8 Å². The Bertz CT molecular complexity index is 272. The molecule has 0 aliphatic heterocycles. The molecule has 14 heavy (non-hydrogen) atoms. The molecule has 1 aromatic rings. The highest BCUT2D eigenvalue weighted by molar-refractivity contribution is 7.98. The Morgan fingerprint density at radius 3 is 3.00 bits per heavy atom. The molecule has 1 N–H and O–H groups in total. The molecule has 0 unspecified atom stereocenters. The molecule has 4 heteroatoms. The van der Waals surface area contributed by atoms with Gasteiger partial charge in [-0.2, -0.15) is 11.8 Å². The first kappa shape index (κ1) is 11.3. The van der Waals surface area contributed by atoms with E-state index >= 15 is 0 Å². The van der Waals surface area contributed by atoms with E-state index in [1.165, 1.54) is 0 Å².